The van der Waals surface area contributed by atoms with E-state index in [2.05, 4.69) is 0 Å². The van der Waals surface area contributed by atoms with Gasteiger partial charge in [0, 0.05) is 30.1 Å². The number of aliphatic carboxylic acids is 2. The van der Waals surface area contributed by atoms with Gasteiger partial charge in [0.05, 0.1) is 24.7 Å². The smallest absolute Gasteiger partial charge is 0.307 e. The van der Waals surface area contributed by atoms with E-state index < -0.39 is 11.9 Å². The first-order valence-electron chi connectivity index (χ1n) is 13.6. The SMILES string of the molecule is Cc1ccc(Cl)c(OCCCCOc2ccc(C=Cc3cccc4c3c(CC(=O)O)cn4CCCC(=O)O)cc2)c1. The molecule has 0 aliphatic carbocycles. The van der Waals surface area contributed by atoms with Gasteiger partial charge in [0.25, 0.3) is 0 Å². The number of aromatic nitrogens is 1. The van der Waals surface area contributed by atoms with Crippen LogP contribution >= 0.6 is 11.6 Å². The minimum atomic E-state index is -0.910. The molecular weight excluding hydrogens is 542 g/mol. The van der Waals surface area contributed by atoms with Crippen molar-refractivity contribution in [3.63, 3.8) is 0 Å². The summed E-state index contributed by atoms with van der Waals surface area (Å²) >= 11 is 6.17. The van der Waals surface area contributed by atoms with Crippen molar-refractivity contribution in [3.05, 3.63) is 94.1 Å². The topological polar surface area (TPSA) is 98.0 Å². The van der Waals surface area contributed by atoms with Crippen LogP contribution in [-0.4, -0.2) is 39.9 Å². The molecule has 214 valence electrons. The monoisotopic (exact) mass is 575 g/mol. The van der Waals surface area contributed by atoms with E-state index >= 15 is 0 Å². The third-order valence-electron chi connectivity index (χ3n) is 6.64. The number of unbranched alkanes of at least 4 members (excludes halogenated alkanes) is 1. The first-order valence-corrected chi connectivity index (χ1v) is 14.0. The second-order valence-corrected chi connectivity index (χ2v) is 10.3. The lowest BCUT2D eigenvalue weighted by atomic mass is 10.0. The highest BCUT2D eigenvalue weighted by Crippen LogP contribution is 2.28. The summed E-state index contributed by atoms with van der Waals surface area (Å²) in [5, 5.41) is 19.9. The molecule has 2 N–H and O–H groups in total. The molecule has 7 nitrogen and oxygen atoms in total. The molecule has 3 aromatic carbocycles. The average Bonchev–Trinajstić information content (AvgIpc) is 3.28. The van der Waals surface area contributed by atoms with Gasteiger partial charge in [0.2, 0.25) is 0 Å². The summed E-state index contributed by atoms with van der Waals surface area (Å²) < 4.78 is 13.6. The fourth-order valence-electron chi connectivity index (χ4n) is 4.65. The lowest BCUT2D eigenvalue weighted by Gasteiger charge is -2.09. The van der Waals surface area contributed by atoms with Gasteiger partial charge in [-0.3, -0.25) is 9.59 Å². The number of fused-ring (bicyclic) bond motifs is 1. The first-order chi connectivity index (χ1) is 19.8. The van der Waals surface area contributed by atoms with E-state index in [-0.39, 0.29) is 12.8 Å². The van der Waals surface area contributed by atoms with Gasteiger partial charge in [-0.15, -0.1) is 0 Å². The normalized spacial score (nSPS) is 11.3. The number of carbonyl (C=O) groups is 2. The Balaban J connectivity index is 1.34. The van der Waals surface area contributed by atoms with Crippen LogP contribution < -0.4 is 9.47 Å². The summed E-state index contributed by atoms with van der Waals surface area (Å²) in [7, 11) is 0. The third-order valence-corrected chi connectivity index (χ3v) is 6.95. The molecule has 0 bridgehead atoms. The molecule has 0 saturated carbocycles. The zero-order chi connectivity index (χ0) is 29.2. The van der Waals surface area contributed by atoms with Crippen molar-refractivity contribution in [2.24, 2.45) is 0 Å². The fraction of sp³-hybridized carbons (Fsp3) is 0.273. The van der Waals surface area contributed by atoms with E-state index in [1.54, 1.807) is 0 Å². The summed E-state index contributed by atoms with van der Waals surface area (Å²) in [6.45, 7) is 3.66. The van der Waals surface area contributed by atoms with E-state index in [4.69, 9.17) is 26.2 Å². The molecule has 0 spiro atoms. The van der Waals surface area contributed by atoms with Gasteiger partial charge >= 0.3 is 11.9 Å². The van der Waals surface area contributed by atoms with Gasteiger partial charge in [0.15, 0.2) is 0 Å². The number of aryl methyl sites for hydroxylation is 2. The number of hydrogen-bond acceptors (Lipinski definition) is 4. The zero-order valence-corrected chi connectivity index (χ0v) is 23.8. The van der Waals surface area contributed by atoms with Crippen LogP contribution in [0.5, 0.6) is 11.5 Å². The van der Waals surface area contributed by atoms with E-state index in [0.717, 1.165) is 46.2 Å². The van der Waals surface area contributed by atoms with Crippen molar-refractivity contribution in [2.45, 2.75) is 45.6 Å². The molecule has 0 amide bonds. The van der Waals surface area contributed by atoms with Crippen LogP contribution in [0.1, 0.15) is 47.9 Å². The van der Waals surface area contributed by atoms with Crippen LogP contribution in [0.3, 0.4) is 0 Å². The van der Waals surface area contributed by atoms with Gasteiger partial charge in [-0.1, -0.05) is 54.1 Å². The van der Waals surface area contributed by atoms with Crippen LogP contribution in [0.15, 0.2) is 66.9 Å². The molecule has 0 unspecified atom stereocenters. The van der Waals surface area contributed by atoms with Crippen LogP contribution in [0.4, 0.5) is 0 Å². The third kappa shape index (κ3) is 8.63. The molecule has 0 aliphatic rings. The highest BCUT2D eigenvalue weighted by atomic mass is 35.5. The number of ether oxygens (including phenoxy) is 2. The van der Waals surface area contributed by atoms with Gasteiger partial charge in [-0.05, 0) is 78.8 Å². The first kappa shape index (κ1) is 29.7. The van der Waals surface area contributed by atoms with Crippen LogP contribution in [-0.2, 0) is 22.6 Å². The summed E-state index contributed by atoms with van der Waals surface area (Å²) in [6.07, 6.45) is 7.91. The number of halogens is 1. The van der Waals surface area contributed by atoms with E-state index in [1.807, 2.05) is 90.5 Å². The average molecular weight is 576 g/mol. The summed E-state index contributed by atoms with van der Waals surface area (Å²) in [6, 6.07) is 19.4. The highest BCUT2D eigenvalue weighted by Gasteiger charge is 2.14. The Morgan fingerprint density at radius 3 is 2.39 bits per heavy atom. The number of rotatable bonds is 15. The molecule has 0 saturated heterocycles. The molecule has 4 rings (SSSR count). The van der Waals surface area contributed by atoms with Crippen molar-refractivity contribution < 1.29 is 29.3 Å². The quantitative estimate of drug-likeness (QED) is 0.112. The number of carboxylic acids is 2. The number of nitrogens with zero attached hydrogens (tertiary/aromatic N) is 1. The van der Waals surface area contributed by atoms with Crippen molar-refractivity contribution in [1.82, 2.24) is 4.57 Å². The minimum Gasteiger partial charge on any atom is -0.494 e. The molecule has 1 aromatic heterocycles. The van der Waals surface area contributed by atoms with Gasteiger partial charge < -0.3 is 24.3 Å². The highest BCUT2D eigenvalue weighted by molar-refractivity contribution is 6.32. The minimum absolute atomic E-state index is 0.0605. The van der Waals surface area contributed by atoms with Crippen molar-refractivity contribution in [2.75, 3.05) is 13.2 Å². The maximum absolute atomic E-state index is 11.5. The summed E-state index contributed by atoms with van der Waals surface area (Å²) in [5.74, 6) is -0.262. The molecule has 41 heavy (non-hydrogen) atoms. The number of carboxylic acid groups (broad SMARTS) is 2. The Bertz CT molecular complexity index is 1520. The lowest BCUT2D eigenvalue weighted by Crippen LogP contribution is -2.03. The Morgan fingerprint density at radius 1 is 0.902 bits per heavy atom. The Hall–Kier alpha value is -4.23. The van der Waals surface area contributed by atoms with Crippen LogP contribution in [0, 0.1) is 6.92 Å². The van der Waals surface area contributed by atoms with Crippen molar-refractivity contribution in [1.29, 1.82) is 0 Å². The molecule has 1 heterocycles. The predicted octanol–water partition coefficient (Wildman–Crippen LogP) is 7.50. The predicted molar refractivity (Wildman–Crippen MR) is 162 cm³/mol. The standard InChI is InChI=1S/C33H34ClNO6/c1-23-9-16-28(34)30(20-23)41-19-3-2-18-40-27-14-11-24(12-15-27)10-13-25-6-4-7-29-33(25)26(21-32(38)39)22-35(29)17-5-8-31(36)37/h4,6-7,9-16,20,22H,2-3,5,8,17-19,21H2,1H3,(H,36,37)(H,38,39). The summed E-state index contributed by atoms with van der Waals surface area (Å²) in [4.78, 5) is 22.5. The zero-order valence-electron chi connectivity index (χ0n) is 23.0. The molecule has 0 radical (unpaired) electrons. The largest absolute Gasteiger partial charge is 0.494 e. The lowest BCUT2D eigenvalue weighted by molar-refractivity contribution is -0.137. The second kappa shape index (κ2) is 14.4. The van der Waals surface area contributed by atoms with E-state index in [9.17, 15) is 14.7 Å². The Morgan fingerprint density at radius 2 is 1.66 bits per heavy atom. The maximum Gasteiger partial charge on any atom is 0.307 e. The van der Waals surface area contributed by atoms with E-state index in [1.165, 1.54) is 0 Å². The molecule has 0 aliphatic heterocycles. The molecule has 8 heteroatoms. The molecule has 0 atom stereocenters. The van der Waals surface area contributed by atoms with Crippen molar-refractivity contribution >= 4 is 46.6 Å². The fourth-order valence-corrected chi connectivity index (χ4v) is 4.82. The molecular formula is C33H34ClNO6. The second-order valence-electron chi connectivity index (χ2n) is 9.90. The van der Waals surface area contributed by atoms with Gasteiger partial charge in [-0.25, -0.2) is 0 Å². The molecule has 0 fully saturated rings. The van der Waals surface area contributed by atoms with Crippen LogP contribution in [0.2, 0.25) is 5.02 Å². The number of benzene rings is 3. The van der Waals surface area contributed by atoms with Gasteiger partial charge in [0.1, 0.15) is 11.5 Å². The van der Waals surface area contributed by atoms with Crippen molar-refractivity contribution in [3.8, 4) is 11.5 Å². The summed E-state index contributed by atoms with van der Waals surface area (Å²) in [5.41, 5.74) is 4.60. The number of hydrogen-bond donors (Lipinski definition) is 2. The van der Waals surface area contributed by atoms with Crippen LogP contribution in [0.25, 0.3) is 23.1 Å². The maximum atomic E-state index is 11.5. The Kier molecular flexibility index (Phi) is 10.5. The van der Waals surface area contributed by atoms with Gasteiger partial charge in [-0.2, -0.15) is 0 Å². The molecule has 4 aromatic rings. The van der Waals surface area contributed by atoms with E-state index in [0.29, 0.717) is 42.5 Å². The Labute approximate surface area is 244 Å².